The summed E-state index contributed by atoms with van der Waals surface area (Å²) in [5, 5.41) is 23.4. The van der Waals surface area contributed by atoms with Crippen molar-refractivity contribution in [2.45, 2.75) is 11.8 Å². The van der Waals surface area contributed by atoms with Crippen LogP contribution in [0.1, 0.15) is 15.9 Å². The Bertz CT molecular complexity index is 1690. The van der Waals surface area contributed by atoms with Gasteiger partial charge in [0.15, 0.2) is 5.75 Å². The molecule has 0 saturated carbocycles. The number of phenols is 1. The number of aryl methyl sites for hydroxylation is 1. The van der Waals surface area contributed by atoms with Crippen molar-refractivity contribution in [3.05, 3.63) is 81.8 Å². The van der Waals surface area contributed by atoms with E-state index in [-0.39, 0.29) is 32.4 Å². The fourth-order valence-corrected chi connectivity index (χ4v) is 4.79. The van der Waals surface area contributed by atoms with E-state index in [4.69, 9.17) is 27.9 Å². The average Bonchev–Trinajstić information content (AvgIpc) is 2.84. The van der Waals surface area contributed by atoms with Gasteiger partial charge in [-0.1, -0.05) is 47.5 Å². The smallest absolute Gasteiger partial charge is 0.294 e. The molecule has 0 radical (unpaired) electrons. The van der Waals surface area contributed by atoms with Gasteiger partial charge < -0.3 is 15.2 Å². The molecule has 1 amide bonds. The number of azo groups is 1. The molecular weight excluding hydrogens is 541 g/mol. The van der Waals surface area contributed by atoms with Crippen LogP contribution < -0.4 is 10.1 Å². The van der Waals surface area contributed by atoms with E-state index in [1.54, 1.807) is 36.4 Å². The van der Waals surface area contributed by atoms with Crippen LogP contribution in [0.4, 0.5) is 17.1 Å². The maximum Gasteiger partial charge on any atom is 0.294 e. The van der Waals surface area contributed by atoms with Gasteiger partial charge in [-0.25, -0.2) is 0 Å². The Kier molecular flexibility index (Phi) is 7.37. The Morgan fingerprint density at radius 3 is 2.46 bits per heavy atom. The predicted molar refractivity (Wildman–Crippen MR) is 142 cm³/mol. The fourth-order valence-electron chi connectivity index (χ4n) is 3.65. The number of ether oxygens (including phenoxy) is 1. The number of carbonyl (C=O) groups excluding carboxylic acids is 1. The first-order chi connectivity index (χ1) is 17.5. The highest BCUT2D eigenvalue weighted by atomic mass is 35.5. The van der Waals surface area contributed by atoms with E-state index in [0.29, 0.717) is 27.2 Å². The number of hydrogen-bond acceptors (Lipinski definition) is 7. The number of rotatable bonds is 6. The maximum absolute atomic E-state index is 13.2. The molecule has 12 heteroatoms. The number of fused-ring (bicyclic) bond motifs is 1. The summed E-state index contributed by atoms with van der Waals surface area (Å²) in [5.74, 6) is -0.793. The van der Waals surface area contributed by atoms with Crippen LogP contribution in [-0.2, 0) is 10.1 Å². The SMILES string of the molecule is COc1cc(Cl)ccc1NC(=O)c1cc2ccccc2c(N=Nc2cc(S(=O)(=O)O)c(C)cc2Cl)c1O. The summed E-state index contributed by atoms with van der Waals surface area (Å²) in [4.78, 5) is 12.8. The summed E-state index contributed by atoms with van der Waals surface area (Å²) in [6.45, 7) is 1.47. The van der Waals surface area contributed by atoms with Gasteiger partial charge in [0.2, 0.25) is 0 Å². The van der Waals surface area contributed by atoms with Crippen molar-refractivity contribution in [3.63, 3.8) is 0 Å². The van der Waals surface area contributed by atoms with Crippen LogP contribution >= 0.6 is 23.2 Å². The lowest BCUT2D eigenvalue weighted by Crippen LogP contribution is -2.13. The minimum atomic E-state index is -4.54. The number of methoxy groups -OCH3 is 1. The molecule has 0 atom stereocenters. The zero-order valence-electron chi connectivity index (χ0n) is 19.4. The molecule has 9 nitrogen and oxygen atoms in total. The van der Waals surface area contributed by atoms with E-state index >= 15 is 0 Å². The molecule has 0 aliphatic rings. The van der Waals surface area contributed by atoms with Crippen molar-refractivity contribution in [3.8, 4) is 11.5 Å². The molecule has 0 spiro atoms. The van der Waals surface area contributed by atoms with Crippen LogP contribution in [-0.4, -0.2) is 31.1 Å². The summed E-state index contributed by atoms with van der Waals surface area (Å²) < 4.78 is 38.1. The standard InChI is InChI=1S/C25H19Cl2N3O6S/c1-13-9-18(27)20(12-22(13)37(33,34)35)29-30-23-16-6-4-3-5-14(16)10-17(24(23)31)25(32)28-19-8-7-15(26)11-21(19)36-2/h3-12,31H,1-2H3,(H,28,32)(H,33,34,35). The van der Waals surface area contributed by atoms with Gasteiger partial charge in [0.05, 0.1) is 28.3 Å². The molecule has 3 N–H and O–H groups in total. The molecule has 190 valence electrons. The molecule has 0 aromatic heterocycles. The summed E-state index contributed by atoms with van der Waals surface area (Å²) in [5.41, 5.74) is 0.339. The van der Waals surface area contributed by atoms with E-state index < -0.39 is 21.8 Å². The molecule has 4 rings (SSSR count). The first-order valence-electron chi connectivity index (χ1n) is 10.6. The van der Waals surface area contributed by atoms with Gasteiger partial charge in [0, 0.05) is 16.5 Å². The van der Waals surface area contributed by atoms with Gasteiger partial charge in [0.1, 0.15) is 17.1 Å². The molecular formula is C25H19Cl2N3O6S. The molecule has 4 aromatic carbocycles. The molecule has 0 fully saturated rings. The lowest BCUT2D eigenvalue weighted by Gasteiger charge is -2.13. The predicted octanol–water partition coefficient (Wildman–Crippen LogP) is 7.08. The van der Waals surface area contributed by atoms with Crippen LogP contribution in [0.3, 0.4) is 0 Å². The molecule has 37 heavy (non-hydrogen) atoms. The average molecular weight is 560 g/mol. The molecule has 4 aromatic rings. The van der Waals surface area contributed by atoms with E-state index in [1.165, 1.54) is 32.2 Å². The minimum absolute atomic E-state index is 0.0450. The third-order valence-electron chi connectivity index (χ3n) is 5.43. The van der Waals surface area contributed by atoms with Gasteiger partial charge >= 0.3 is 0 Å². The molecule has 0 bridgehead atoms. The van der Waals surface area contributed by atoms with Crippen molar-refractivity contribution in [1.29, 1.82) is 0 Å². The second kappa shape index (κ2) is 10.3. The zero-order chi connectivity index (χ0) is 26.9. The van der Waals surface area contributed by atoms with Gasteiger partial charge in [-0.2, -0.15) is 8.42 Å². The number of hydrogen-bond donors (Lipinski definition) is 3. The highest BCUT2D eigenvalue weighted by Crippen LogP contribution is 2.41. The third-order valence-corrected chi connectivity index (χ3v) is 6.97. The number of carbonyl (C=O) groups is 1. The van der Waals surface area contributed by atoms with Crippen LogP contribution in [0.2, 0.25) is 10.0 Å². The topological polar surface area (TPSA) is 138 Å². The number of aromatic hydroxyl groups is 1. The van der Waals surface area contributed by atoms with Crippen molar-refractivity contribution >= 4 is 67.1 Å². The number of nitrogens with one attached hydrogen (secondary N) is 1. The Morgan fingerprint density at radius 1 is 1.03 bits per heavy atom. The highest BCUT2D eigenvalue weighted by Gasteiger charge is 2.21. The number of anilines is 1. The number of phenolic OH excluding ortho intramolecular Hbond substituents is 1. The number of halogens is 2. The van der Waals surface area contributed by atoms with Crippen molar-refractivity contribution in [2.24, 2.45) is 10.2 Å². The highest BCUT2D eigenvalue weighted by molar-refractivity contribution is 7.85. The molecule has 0 unspecified atom stereocenters. The van der Waals surface area contributed by atoms with Gasteiger partial charge in [-0.3, -0.25) is 9.35 Å². The normalized spacial score (nSPS) is 11.7. The van der Waals surface area contributed by atoms with Crippen LogP contribution in [0.5, 0.6) is 11.5 Å². The second-order valence-corrected chi connectivity index (χ2v) is 10.1. The van der Waals surface area contributed by atoms with E-state index in [2.05, 4.69) is 15.5 Å². The molecule has 0 aliphatic heterocycles. The van der Waals surface area contributed by atoms with Crippen LogP contribution in [0, 0.1) is 6.92 Å². The zero-order valence-corrected chi connectivity index (χ0v) is 21.7. The van der Waals surface area contributed by atoms with Gasteiger partial charge in [0.25, 0.3) is 16.0 Å². The summed E-state index contributed by atoms with van der Waals surface area (Å²) >= 11 is 12.2. The van der Waals surface area contributed by atoms with Crippen LogP contribution in [0.25, 0.3) is 10.8 Å². The Morgan fingerprint density at radius 2 is 1.76 bits per heavy atom. The number of benzene rings is 4. The maximum atomic E-state index is 13.2. The molecule has 0 heterocycles. The first kappa shape index (κ1) is 26.4. The van der Waals surface area contributed by atoms with E-state index in [1.807, 2.05) is 0 Å². The van der Waals surface area contributed by atoms with E-state index in [9.17, 15) is 22.9 Å². The first-order valence-corrected chi connectivity index (χ1v) is 12.8. The van der Waals surface area contributed by atoms with Crippen molar-refractivity contribution in [1.82, 2.24) is 0 Å². The lowest BCUT2D eigenvalue weighted by molar-refractivity contribution is 0.102. The monoisotopic (exact) mass is 559 g/mol. The van der Waals surface area contributed by atoms with Crippen molar-refractivity contribution in [2.75, 3.05) is 12.4 Å². The Balaban J connectivity index is 1.81. The number of nitrogens with zero attached hydrogens (tertiary/aromatic N) is 2. The lowest BCUT2D eigenvalue weighted by atomic mass is 10.0. The minimum Gasteiger partial charge on any atom is -0.505 e. The Hall–Kier alpha value is -3.70. The molecule has 0 saturated heterocycles. The van der Waals surface area contributed by atoms with Gasteiger partial charge in [-0.05, 0) is 48.2 Å². The summed E-state index contributed by atoms with van der Waals surface area (Å²) in [6, 6.07) is 15.4. The van der Waals surface area contributed by atoms with Gasteiger partial charge in [-0.15, -0.1) is 10.2 Å². The quantitative estimate of drug-likeness (QED) is 0.170. The third kappa shape index (κ3) is 5.52. The van der Waals surface area contributed by atoms with Crippen molar-refractivity contribution < 1.29 is 27.6 Å². The summed E-state index contributed by atoms with van der Waals surface area (Å²) in [7, 11) is -3.11. The summed E-state index contributed by atoms with van der Waals surface area (Å²) in [6.07, 6.45) is 0. The Labute approximate surface area is 222 Å². The molecule has 0 aliphatic carbocycles. The second-order valence-electron chi connectivity index (χ2n) is 7.89. The van der Waals surface area contributed by atoms with Crippen LogP contribution in [0.15, 0.2) is 75.8 Å². The largest absolute Gasteiger partial charge is 0.505 e. The fraction of sp³-hybridized carbons (Fsp3) is 0.0800. The number of amides is 1. The van der Waals surface area contributed by atoms with E-state index in [0.717, 1.165) is 6.07 Å².